The van der Waals surface area contributed by atoms with E-state index >= 15 is 0 Å². The summed E-state index contributed by atoms with van der Waals surface area (Å²) in [4.78, 5) is 24.6. The number of hydrogen-bond donors (Lipinski definition) is 2. The first-order chi connectivity index (χ1) is 8.65. The summed E-state index contributed by atoms with van der Waals surface area (Å²) >= 11 is 0. The molecule has 3 N–H and O–H groups in total. The molecule has 1 aliphatic carbocycles. The predicted molar refractivity (Wildman–Crippen MR) is 76.0 cm³/mol. The molecule has 1 saturated heterocycles. The van der Waals surface area contributed by atoms with Crippen molar-refractivity contribution in [1.82, 2.24) is 10.2 Å². The van der Waals surface area contributed by atoms with Crippen LogP contribution in [0.2, 0.25) is 0 Å². The van der Waals surface area contributed by atoms with Gasteiger partial charge in [-0.15, -0.1) is 12.4 Å². The van der Waals surface area contributed by atoms with E-state index in [9.17, 15) is 9.59 Å². The van der Waals surface area contributed by atoms with E-state index in [0.717, 1.165) is 38.4 Å². The minimum atomic E-state index is -0.231. The lowest BCUT2D eigenvalue weighted by Gasteiger charge is -2.31. The Bertz CT molecular complexity index is 313. The van der Waals surface area contributed by atoms with Crippen LogP contribution in [0.3, 0.4) is 0 Å². The largest absolute Gasteiger partial charge is 0.370 e. The molecule has 6 heteroatoms. The third-order valence-electron chi connectivity index (χ3n) is 3.86. The molecule has 1 heterocycles. The van der Waals surface area contributed by atoms with Crippen LogP contribution in [0.1, 0.15) is 32.1 Å². The zero-order valence-corrected chi connectivity index (χ0v) is 12.1. The molecule has 5 nitrogen and oxygen atoms in total. The van der Waals surface area contributed by atoms with Crippen LogP contribution < -0.4 is 11.1 Å². The highest BCUT2D eigenvalue weighted by atomic mass is 35.5. The van der Waals surface area contributed by atoms with Gasteiger partial charge in [0.15, 0.2) is 0 Å². The Morgan fingerprint density at radius 1 is 1.11 bits per heavy atom. The van der Waals surface area contributed by atoms with E-state index in [2.05, 4.69) is 5.32 Å². The maximum atomic E-state index is 11.9. The van der Waals surface area contributed by atoms with Crippen LogP contribution in [0.4, 0.5) is 0 Å². The second-order valence-electron chi connectivity index (χ2n) is 5.57. The number of primary amides is 1. The highest BCUT2D eigenvalue weighted by molar-refractivity contribution is 5.85. The van der Waals surface area contributed by atoms with Crippen LogP contribution in [-0.4, -0.2) is 42.9 Å². The summed E-state index contributed by atoms with van der Waals surface area (Å²) in [6, 6.07) is 0. The second-order valence-corrected chi connectivity index (χ2v) is 5.57. The summed E-state index contributed by atoms with van der Waals surface area (Å²) in [5.41, 5.74) is 5.19. The minimum Gasteiger partial charge on any atom is -0.370 e. The Kier molecular flexibility index (Phi) is 6.58. The van der Waals surface area contributed by atoms with Gasteiger partial charge in [-0.1, -0.05) is 0 Å². The fourth-order valence-corrected chi connectivity index (χ4v) is 2.49. The number of carbonyl (C=O) groups is 2. The second kappa shape index (κ2) is 7.70. The van der Waals surface area contributed by atoms with Gasteiger partial charge >= 0.3 is 0 Å². The van der Waals surface area contributed by atoms with Crippen molar-refractivity contribution in [1.29, 1.82) is 0 Å². The predicted octanol–water partition coefficient (Wildman–Crippen LogP) is 0.522. The average molecular weight is 290 g/mol. The standard InChI is InChI=1S/C13H23N3O2.ClH/c14-12(17)7-10-3-5-16(6-4-10)13(18)9-15-8-11-1-2-11;/h10-11,15H,1-9H2,(H2,14,17);1H. The average Bonchev–Trinajstić information content (AvgIpc) is 3.13. The molecule has 0 atom stereocenters. The van der Waals surface area contributed by atoms with Gasteiger partial charge in [-0.05, 0) is 44.1 Å². The van der Waals surface area contributed by atoms with Gasteiger partial charge < -0.3 is 16.0 Å². The summed E-state index contributed by atoms with van der Waals surface area (Å²) in [5, 5.41) is 3.22. The lowest BCUT2D eigenvalue weighted by atomic mass is 9.93. The molecule has 0 unspecified atom stereocenters. The molecule has 0 aromatic heterocycles. The van der Waals surface area contributed by atoms with Gasteiger partial charge in [-0.3, -0.25) is 9.59 Å². The highest BCUT2D eigenvalue weighted by Crippen LogP contribution is 2.27. The van der Waals surface area contributed by atoms with E-state index in [-0.39, 0.29) is 24.2 Å². The smallest absolute Gasteiger partial charge is 0.236 e. The van der Waals surface area contributed by atoms with Crippen LogP contribution in [0, 0.1) is 11.8 Å². The number of piperidine rings is 1. The maximum absolute atomic E-state index is 11.9. The quantitative estimate of drug-likeness (QED) is 0.749. The zero-order valence-electron chi connectivity index (χ0n) is 11.3. The summed E-state index contributed by atoms with van der Waals surface area (Å²) in [6.07, 6.45) is 4.87. The fourth-order valence-electron chi connectivity index (χ4n) is 2.49. The van der Waals surface area contributed by atoms with E-state index in [1.165, 1.54) is 12.8 Å². The Morgan fingerprint density at radius 3 is 2.26 bits per heavy atom. The molecule has 1 aliphatic heterocycles. The number of amides is 2. The first-order valence-corrected chi connectivity index (χ1v) is 6.92. The molecule has 2 rings (SSSR count). The van der Waals surface area contributed by atoms with Crippen molar-refractivity contribution in [3.63, 3.8) is 0 Å². The van der Waals surface area contributed by atoms with Crippen LogP contribution in [0.5, 0.6) is 0 Å². The summed E-state index contributed by atoms with van der Waals surface area (Å²) < 4.78 is 0. The highest BCUT2D eigenvalue weighted by Gasteiger charge is 2.24. The number of rotatable bonds is 6. The molecule has 19 heavy (non-hydrogen) atoms. The van der Waals surface area contributed by atoms with Gasteiger partial charge in [0.1, 0.15) is 0 Å². The fraction of sp³-hybridized carbons (Fsp3) is 0.846. The molecular weight excluding hydrogens is 266 g/mol. The molecule has 0 radical (unpaired) electrons. The van der Waals surface area contributed by atoms with E-state index in [0.29, 0.717) is 18.9 Å². The van der Waals surface area contributed by atoms with E-state index in [4.69, 9.17) is 5.73 Å². The van der Waals surface area contributed by atoms with Crippen molar-refractivity contribution >= 4 is 24.2 Å². The number of halogens is 1. The van der Waals surface area contributed by atoms with Gasteiger partial charge in [0, 0.05) is 19.5 Å². The lowest BCUT2D eigenvalue weighted by molar-refractivity contribution is -0.131. The molecule has 0 spiro atoms. The van der Waals surface area contributed by atoms with Crippen molar-refractivity contribution in [2.24, 2.45) is 17.6 Å². The Balaban J connectivity index is 0.00000180. The van der Waals surface area contributed by atoms with Gasteiger partial charge in [0.25, 0.3) is 0 Å². The van der Waals surface area contributed by atoms with Crippen LogP contribution >= 0.6 is 12.4 Å². The van der Waals surface area contributed by atoms with Crippen molar-refractivity contribution in [3.05, 3.63) is 0 Å². The first kappa shape index (κ1) is 16.2. The number of nitrogens with two attached hydrogens (primary N) is 1. The number of carbonyl (C=O) groups excluding carboxylic acids is 2. The van der Waals surface area contributed by atoms with Crippen molar-refractivity contribution in [3.8, 4) is 0 Å². The Morgan fingerprint density at radius 2 is 1.74 bits per heavy atom. The SMILES string of the molecule is Cl.NC(=O)CC1CCN(C(=O)CNCC2CC2)CC1. The van der Waals surface area contributed by atoms with Crippen molar-refractivity contribution in [2.45, 2.75) is 32.1 Å². The lowest BCUT2D eigenvalue weighted by Crippen LogP contribution is -2.43. The molecule has 0 bridgehead atoms. The summed E-state index contributed by atoms with van der Waals surface area (Å²) in [6.45, 7) is 2.96. The molecule has 0 aromatic carbocycles. The molecular formula is C13H24ClN3O2. The zero-order chi connectivity index (χ0) is 13.0. The number of nitrogens with zero attached hydrogens (tertiary/aromatic N) is 1. The van der Waals surface area contributed by atoms with E-state index in [1.54, 1.807) is 0 Å². The molecule has 110 valence electrons. The van der Waals surface area contributed by atoms with Gasteiger partial charge in [0.05, 0.1) is 6.54 Å². The molecule has 0 aromatic rings. The van der Waals surface area contributed by atoms with Crippen molar-refractivity contribution in [2.75, 3.05) is 26.2 Å². The maximum Gasteiger partial charge on any atom is 0.236 e. The molecule has 2 aliphatic rings. The normalized spacial score (nSPS) is 19.9. The minimum absolute atomic E-state index is 0. The number of likely N-dealkylation sites (tertiary alicyclic amines) is 1. The van der Waals surface area contributed by atoms with E-state index < -0.39 is 0 Å². The van der Waals surface area contributed by atoms with Crippen LogP contribution in [0.25, 0.3) is 0 Å². The summed E-state index contributed by atoms with van der Waals surface area (Å²) in [5.74, 6) is 1.13. The number of nitrogens with one attached hydrogen (secondary N) is 1. The Labute approximate surface area is 120 Å². The third kappa shape index (κ3) is 5.78. The Hall–Kier alpha value is -0.810. The summed E-state index contributed by atoms with van der Waals surface area (Å²) in [7, 11) is 0. The first-order valence-electron chi connectivity index (χ1n) is 6.92. The number of hydrogen-bond acceptors (Lipinski definition) is 3. The molecule has 1 saturated carbocycles. The van der Waals surface area contributed by atoms with Crippen molar-refractivity contribution < 1.29 is 9.59 Å². The molecule has 2 amide bonds. The van der Waals surface area contributed by atoms with Crippen LogP contribution in [-0.2, 0) is 9.59 Å². The van der Waals surface area contributed by atoms with Gasteiger partial charge in [-0.25, -0.2) is 0 Å². The van der Waals surface area contributed by atoms with Gasteiger partial charge in [0.2, 0.25) is 11.8 Å². The monoisotopic (exact) mass is 289 g/mol. The van der Waals surface area contributed by atoms with Crippen LogP contribution in [0.15, 0.2) is 0 Å². The van der Waals surface area contributed by atoms with Gasteiger partial charge in [-0.2, -0.15) is 0 Å². The van der Waals surface area contributed by atoms with E-state index in [1.807, 2.05) is 4.90 Å². The topological polar surface area (TPSA) is 75.4 Å². The third-order valence-corrected chi connectivity index (χ3v) is 3.86. The molecule has 2 fully saturated rings.